The molecule has 0 aliphatic rings. The van der Waals surface area contributed by atoms with E-state index in [1.54, 1.807) is 31.2 Å². The molecule has 2 aromatic carbocycles. The molecular weight excluding hydrogens is 404 g/mol. The Bertz CT molecular complexity index is 1400. The minimum Gasteiger partial charge on any atom is -0.482 e. The number of carbonyl (C=O) groups is 1. The molecule has 0 saturated carbocycles. The van der Waals surface area contributed by atoms with E-state index in [2.05, 4.69) is 0 Å². The minimum absolute atomic E-state index is 0.0259. The van der Waals surface area contributed by atoms with Crippen LogP contribution in [0.3, 0.4) is 0 Å². The maximum Gasteiger partial charge on any atom is 0.344 e. The summed E-state index contributed by atoms with van der Waals surface area (Å²) in [6.45, 7) is 3.53. The maximum absolute atomic E-state index is 12.8. The molecule has 8 heteroatoms. The lowest BCUT2D eigenvalue weighted by Crippen LogP contribution is -2.14. The molecular formula is C23H18O8. The number of esters is 1. The quantitative estimate of drug-likeness (QED) is 0.340. The van der Waals surface area contributed by atoms with Crippen molar-refractivity contribution < 1.29 is 27.8 Å². The highest BCUT2D eigenvalue weighted by Gasteiger charge is 2.12. The summed E-state index contributed by atoms with van der Waals surface area (Å²) in [7, 11) is 0. The molecule has 0 fully saturated rings. The highest BCUT2D eigenvalue weighted by molar-refractivity contribution is 5.82. The molecule has 0 aliphatic carbocycles. The van der Waals surface area contributed by atoms with Gasteiger partial charge in [-0.15, -0.1) is 0 Å². The Balaban J connectivity index is 1.60. The van der Waals surface area contributed by atoms with Gasteiger partial charge in [0.15, 0.2) is 6.61 Å². The fourth-order valence-corrected chi connectivity index (χ4v) is 3.09. The Labute approximate surface area is 175 Å². The Morgan fingerprint density at radius 3 is 2.52 bits per heavy atom. The molecule has 4 rings (SSSR count). The molecule has 158 valence electrons. The van der Waals surface area contributed by atoms with Crippen LogP contribution in [0.25, 0.3) is 21.9 Å². The van der Waals surface area contributed by atoms with E-state index in [-0.39, 0.29) is 35.4 Å². The van der Waals surface area contributed by atoms with Gasteiger partial charge >= 0.3 is 11.6 Å². The summed E-state index contributed by atoms with van der Waals surface area (Å²) in [5.41, 5.74) is 0.566. The Kier molecular flexibility index (Phi) is 5.44. The standard InChI is InChI=1S/C23H18O8/c1-3-27-22(25)12-28-14-4-7-17-18(9-14)29-11-20(23(17)26)30-15-5-6-16-13(2)8-21(24)31-19(16)10-15/h4-11H,3,12H2,1-2H3. The van der Waals surface area contributed by atoms with Gasteiger partial charge in [-0.2, -0.15) is 0 Å². The Morgan fingerprint density at radius 2 is 1.71 bits per heavy atom. The van der Waals surface area contributed by atoms with Crippen LogP contribution in [0.15, 0.2) is 67.2 Å². The number of aryl methyl sites for hydroxylation is 1. The van der Waals surface area contributed by atoms with E-state index in [4.69, 9.17) is 23.0 Å². The summed E-state index contributed by atoms with van der Waals surface area (Å²) in [4.78, 5) is 35.8. The van der Waals surface area contributed by atoms with E-state index in [1.165, 1.54) is 24.5 Å². The fraction of sp³-hybridized carbons (Fsp3) is 0.174. The van der Waals surface area contributed by atoms with E-state index < -0.39 is 11.6 Å². The van der Waals surface area contributed by atoms with Crippen LogP contribution in [0.4, 0.5) is 0 Å². The van der Waals surface area contributed by atoms with Gasteiger partial charge in [0.1, 0.15) is 28.9 Å². The molecule has 0 bridgehead atoms. The minimum atomic E-state index is -0.491. The van der Waals surface area contributed by atoms with Gasteiger partial charge < -0.3 is 23.0 Å². The van der Waals surface area contributed by atoms with Crippen LogP contribution in [0.2, 0.25) is 0 Å². The second-order valence-corrected chi connectivity index (χ2v) is 6.69. The molecule has 0 unspecified atom stereocenters. The number of fused-ring (bicyclic) bond motifs is 2. The second kappa shape index (κ2) is 8.35. The van der Waals surface area contributed by atoms with Gasteiger partial charge in [-0.25, -0.2) is 9.59 Å². The highest BCUT2D eigenvalue weighted by atomic mass is 16.6. The number of carbonyl (C=O) groups excluding carboxylic acids is 1. The lowest BCUT2D eigenvalue weighted by molar-refractivity contribution is -0.145. The van der Waals surface area contributed by atoms with E-state index in [0.717, 1.165) is 10.9 Å². The molecule has 0 spiro atoms. The summed E-state index contributed by atoms with van der Waals surface area (Å²) < 4.78 is 26.6. The first-order chi connectivity index (χ1) is 14.9. The number of hydrogen-bond donors (Lipinski definition) is 0. The first-order valence-electron chi connectivity index (χ1n) is 9.51. The average Bonchev–Trinajstić information content (AvgIpc) is 2.74. The van der Waals surface area contributed by atoms with Crippen LogP contribution in [-0.2, 0) is 9.53 Å². The van der Waals surface area contributed by atoms with Crippen molar-refractivity contribution in [3.05, 3.63) is 74.9 Å². The van der Waals surface area contributed by atoms with Crippen LogP contribution in [-0.4, -0.2) is 19.2 Å². The average molecular weight is 422 g/mol. The van der Waals surface area contributed by atoms with E-state index in [9.17, 15) is 14.4 Å². The molecule has 8 nitrogen and oxygen atoms in total. The third-order valence-corrected chi connectivity index (χ3v) is 4.53. The van der Waals surface area contributed by atoms with Crippen molar-refractivity contribution in [1.29, 1.82) is 0 Å². The summed E-state index contributed by atoms with van der Waals surface area (Å²) in [5.74, 6) is 0.163. The number of hydrogen-bond acceptors (Lipinski definition) is 8. The van der Waals surface area contributed by atoms with Crippen LogP contribution in [0.5, 0.6) is 17.2 Å². The van der Waals surface area contributed by atoms with Crippen molar-refractivity contribution in [2.24, 2.45) is 0 Å². The van der Waals surface area contributed by atoms with Gasteiger partial charge in [0.25, 0.3) is 0 Å². The number of rotatable bonds is 6. The third-order valence-electron chi connectivity index (χ3n) is 4.53. The van der Waals surface area contributed by atoms with E-state index in [1.807, 2.05) is 6.92 Å². The van der Waals surface area contributed by atoms with Gasteiger partial charge in [0.05, 0.1) is 12.0 Å². The van der Waals surface area contributed by atoms with Crippen molar-refractivity contribution in [3.63, 3.8) is 0 Å². The van der Waals surface area contributed by atoms with E-state index >= 15 is 0 Å². The monoisotopic (exact) mass is 422 g/mol. The van der Waals surface area contributed by atoms with Crippen molar-refractivity contribution in [2.45, 2.75) is 13.8 Å². The van der Waals surface area contributed by atoms with Gasteiger partial charge in [0.2, 0.25) is 11.2 Å². The normalized spacial score (nSPS) is 10.9. The first kappa shape index (κ1) is 20.2. The Hall–Kier alpha value is -4.07. The fourth-order valence-electron chi connectivity index (χ4n) is 3.09. The molecule has 0 N–H and O–H groups in total. The van der Waals surface area contributed by atoms with Gasteiger partial charge in [-0.3, -0.25) is 4.79 Å². The van der Waals surface area contributed by atoms with Gasteiger partial charge in [-0.05, 0) is 43.7 Å². The van der Waals surface area contributed by atoms with Gasteiger partial charge in [0, 0.05) is 23.6 Å². The van der Waals surface area contributed by atoms with Crippen LogP contribution in [0.1, 0.15) is 12.5 Å². The Morgan fingerprint density at radius 1 is 0.968 bits per heavy atom. The molecule has 2 heterocycles. The van der Waals surface area contributed by atoms with Gasteiger partial charge in [-0.1, -0.05) is 0 Å². The zero-order valence-corrected chi connectivity index (χ0v) is 16.8. The summed E-state index contributed by atoms with van der Waals surface area (Å²) in [5, 5.41) is 1.05. The lowest BCUT2D eigenvalue weighted by Gasteiger charge is -2.08. The van der Waals surface area contributed by atoms with Crippen LogP contribution < -0.4 is 20.5 Å². The molecule has 0 saturated heterocycles. The first-order valence-corrected chi connectivity index (χ1v) is 9.51. The van der Waals surface area contributed by atoms with Crippen molar-refractivity contribution in [2.75, 3.05) is 13.2 Å². The second-order valence-electron chi connectivity index (χ2n) is 6.69. The summed E-state index contributed by atoms with van der Waals surface area (Å²) >= 11 is 0. The number of benzene rings is 2. The topological polar surface area (TPSA) is 105 Å². The number of ether oxygens (including phenoxy) is 3. The third kappa shape index (κ3) is 4.28. The van der Waals surface area contributed by atoms with Crippen LogP contribution in [0, 0.1) is 6.92 Å². The zero-order chi connectivity index (χ0) is 22.0. The molecule has 4 aromatic rings. The molecule has 0 atom stereocenters. The van der Waals surface area contributed by atoms with Crippen molar-refractivity contribution in [3.8, 4) is 17.2 Å². The SMILES string of the molecule is CCOC(=O)COc1ccc2c(=O)c(Oc3ccc4c(C)cc(=O)oc4c3)coc2c1. The molecule has 0 amide bonds. The predicted octanol–water partition coefficient (Wildman–Crippen LogP) is 3.94. The summed E-state index contributed by atoms with van der Waals surface area (Å²) in [6.07, 6.45) is 1.19. The maximum atomic E-state index is 12.8. The molecule has 0 radical (unpaired) electrons. The zero-order valence-electron chi connectivity index (χ0n) is 16.8. The largest absolute Gasteiger partial charge is 0.482 e. The molecule has 0 aliphatic heterocycles. The predicted molar refractivity (Wildman–Crippen MR) is 112 cm³/mol. The molecule has 31 heavy (non-hydrogen) atoms. The van der Waals surface area contributed by atoms with Crippen LogP contribution >= 0.6 is 0 Å². The van der Waals surface area contributed by atoms with Crippen molar-refractivity contribution in [1.82, 2.24) is 0 Å². The highest BCUT2D eigenvalue weighted by Crippen LogP contribution is 2.27. The van der Waals surface area contributed by atoms with E-state index in [0.29, 0.717) is 17.1 Å². The summed E-state index contributed by atoms with van der Waals surface area (Å²) in [6, 6.07) is 11.0. The van der Waals surface area contributed by atoms with Crippen molar-refractivity contribution >= 4 is 27.9 Å². The molecule has 2 aromatic heterocycles. The lowest BCUT2D eigenvalue weighted by atomic mass is 10.1. The smallest absolute Gasteiger partial charge is 0.344 e.